The SMILES string of the molecule is CN=C(NC1C2CCOC2C12CCC2)N1CCC(COCc2ccccc2)C1.I. The van der Waals surface area contributed by atoms with Crippen LogP contribution in [0.15, 0.2) is 35.3 Å². The Balaban J connectivity index is 0.00000205. The fourth-order valence-corrected chi connectivity index (χ4v) is 5.97. The fraction of sp³-hybridized carbons (Fsp3) is 0.696. The highest BCUT2D eigenvalue weighted by molar-refractivity contribution is 14.0. The van der Waals surface area contributed by atoms with Crippen LogP contribution in [0.2, 0.25) is 0 Å². The van der Waals surface area contributed by atoms with Crippen LogP contribution in [-0.4, -0.2) is 56.4 Å². The molecule has 2 aliphatic carbocycles. The minimum Gasteiger partial charge on any atom is -0.377 e. The Labute approximate surface area is 191 Å². The van der Waals surface area contributed by atoms with Crippen LogP contribution in [0.5, 0.6) is 0 Å². The quantitative estimate of drug-likeness (QED) is 0.373. The molecular formula is C23H34IN3O2. The third-order valence-corrected chi connectivity index (χ3v) is 7.58. The number of nitrogens with zero attached hydrogens (tertiary/aromatic N) is 2. The highest BCUT2D eigenvalue weighted by Gasteiger charge is 2.66. The van der Waals surface area contributed by atoms with E-state index in [9.17, 15) is 0 Å². The van der Waals surface area contributed by atoms with E-state index in [1.807, 2.05) is 13.1 Å². The number of likely N-dealkylation sites (tertiary alicyclic amines) is 1. The molecule has 0 radical (unpaired) electrons. The van der Waals surface area contributed by atoms with Gasteiger partial charge in [0, 0.05) is 50.0 Å². The summed E-state index contributed by atoms with van der Waals surface area (Å²) in [6, 6.07) is 11.0. The molecule has 0 bridgehead atoms. The van der Waals surface area contributed by atoms with Crippen LogP contribution in [0.3, 0.4) is 0 Å². The smallest absolute Gasteiger partial charge is 0.193 e. The first-order chi connectivity index (χ1) is 13.8. The molecule has 1 spiro atoms. The minimum atomic E-state index is 0. The van der Waals surface area contributed by atoms with Gasteiger partial charge in [0.25, 0.3) is 0 Å². The molecule has 0 amide bonds. The van der Waals surface area contributed by atoms with Crippen molar-refractivity contribution in [2.45, 2.75) is 50.9 Å². The summed E-state index contributed by atoms with van der Waals surface area (Å²) in [7, 11) is 1.93. The molecule has 4 atom stereocenters. The van der Waals surface area contributed by atoms with Crippen LogP contribution in [0.1, 0.15) is 37.7 Å². The molecule has 1 N–H and O–H groups in total. The first-order valence-electron chi connectivity index (χ1n) is 11.0. The summed E-state index contributed by atoms with van der Waals surface area (Å²) < 4.78 is 12.1. The molecule has 160 valence electrons. The van der Waals surface area contributed by atoms with E-state index in [-0.39, 0.29) is 24.0 Å². The summed E-state index contributed by atoms with van der Waals surface area (Å²) in [5.74, 6) is 2.36. The molecule has 4 fully saturated rings. The predicted molar refractivity (Wildman–Crippen MR) is 126 cm³/mol. The monoisotopic (exact) mass is 511 g/mol. The highest BCUT2D eigenvalue weighted by Crippen LogP contribution is 2.62. The minimum absolute atomic E-state index is 0. The summed E-state index contributed by atoms with van der Waals surface area (Å²) in [6.45, 7) is 4.59. The van der Waals surface area contributed by atoms with Gasteiger partial charge in [0.15, 0.2) is 5.96 Å². The number of aliphatic imine (C=N–C) groups is 1. The number of nitrogens with one attached hydrogen (secondary N) is 1. The van der Waals surface area contributed by atoms with E-state index in [1.165, 1.54) is 37.7 Å². The molecule has 0 aromatic heterocycles. The number of halogens is 1. The van der Waals surface area contributed by atoms with Gasteiger partial charge in [-0.1, -0.05) is 36.8 Å². The van der Waals surface area contributed by atoms with E-state index in [1.54, 1.807) is 0 Å². The zero-order chi connectivity index (χ0) is 19.0. The van der Waals surface area contributed by atoms with Crippen molar-refractivity contribution in [3.8, 4) is 0 Å². The molecule has 6 heteroatoms. The Morgan fingerprint density at radius 1 is 1.28 bits per heavy atom. The van der Waals surface area contributed by atoms with Gasteiger partial charge in [-0.05, 0) is 31.2 Å². The largest absolute Gasteiger partial charge is 0.377 e. The summed E-state index contributed by atoms with van der Waals surface area (Å²) in [5.41, 5.74) is 1.65. The number of guanidine groups is 1. The van der Waals surface area contributed by atoms with E-state index < -0.39 is 0 Å². The number of rotatable bonds is 5. The van der Waals surface area contributed by atoms with Gasteiger partial charge in [0.1, 0.15) is 0 Å². The van der Waals surface area contributed by atoms with Gasteiger partial charge in [0.2, 0.25) is 0 Å². The zero-order valence-corrected chi connectivity index (χ0v) is 19.7. The van der Waals surface area contributed by atoms with E-state index in [0.29, 0.717) is 36.0 Å². The number of hydrogen-bond donors (Lipinski definition) is 1. The number of fused-ring (bicyclic) bond motifs is 2. The maximum Gasteiger partial charge on any atom is 0.193 e. The van der Waals surface area contributed by atoms with E-state index >= 15 is 0 Å². The first-order valence-corrected chi connectivity index (χ1v) is 11.0. The third-order valence-electron chi connectivity index (χ3n) is 7.58. The Hall–Kier alpha value is -0.860. The van der Waals surface area contributed by atoms with Gasteiger partial charge in [-0.2, -0.15) is 0 Å². The average molecular weight is 511 g/mol. The van der Waals surface area contributed by atoms with E-state index in [0.717, 1.165) is 32.3 Å². The van der Waals surface area contributed by atoms with Crippen LogP contribution in [0.25, 0.3) is 0 Å². The van der Waals surface area contributed by atoms with Crippen molar-refractivity contribution in [2.24, 2.45) is 22.2 Å². The molecule has 2 saturated heterocycles. The highest BCUT2D eigenvalue weighted by atomic mass is 127. The van der Waals surface area contributed by atoms with Crippen molar-refractivity contribution in [1.82, 2.24) is 10.2 Å². The van der Waals surface area contributed by atoms with Gasteiger partial charge in [0.05, 0.1) is 19.3 Å². The second-order valence-corrected chi connectivity index (χ2v) is 9.10. The van der Waals surface area contributed by atoms with E-state index in [4.69, 9.17) is 9.47 Å². The molecule has 2 saturated carbocycles. The molecule has 5 rings (SSSR count). The maximum absolute atomic E-state index is 6.07. The normalized spacial score (nSPS) is 32.3. The van der Waals surface area contributed by atoms with Crippen LogP contribution in [-0.2, 0) is 16.1 Å². The molecule has 1 aromatic carbocycles. The maximum atomic E-state index is 6.07. The fourth-order valence-electron chi connectivity index (χ4n) is 5.97. The molecular weight excluding hydrogens is 477 g/mol. The lowest BCUT2D eigenvalue weighted by atomic mass is 9.46. The second kappa shape index (κ2) is 9.10. The van der Waals surface area contributed by atoms with E-state index in [2.05, 4.69) is 39.5 Å². The molecule has 5 nitrogen and oxygen atoms in total. The lowest BCUT2D eigenvalue weighted by Gasteiger charge is -2.63. The molecule has 2 heterocycles. The van der Waals surface area contributed by atoms with Gasteiger partial charge in [-0.15, -0.1) is 24.0 Å². The number of ether oxygens (including phenoxy) is 2. The lowest BCUT2D eigenvalue weighted by molar-refractivity contribution is -0.171. The summed E-state index contributed by atoms with van der Waals surface area (Å²) in [4.78, 5) is 7.08. The Morgan fingerprint density at radius 2 is 2.10 bits per heavy atom. The average Bonchev–Trinajstić information content (AvgIpc) is 3.31. The van der Waals surface area contributed by atoms with Crippen molar-refractivity contribution in [2.75, 3.05) is 33.4 Å². The van der Waals surface area contributed by atoms with Gasteiger partial charge < -0.3 is 19.7 Å². The van der Waals surface area contributed by atoms with Crippen LogP contribution in [0, 0.1) is 17.3 Å². The standard InChI is InChI=1S/C23H33N3O2.HI/c1-24-22(25-20-19-9-13-28-21(19)23(20)10-5-11-23)26-12-8-18(14-26)16-27-15-17-6-3-2-4-7-17;/h2-4,6-7,18-21H,5,8-16H2,1H3,(H,24,25);1H. The first kappa shape index (κ1) is 21.4. The van der Waals surface area contributed by atoms with Gasteiger partial charge >= 0.3 is 0 Å². The van der Waals surface area contributed by atoms with Crippen molar-refractivity contribution < 1.29 is 9.47 Å². The van der Waals surface area contributed by atoms with Gasteiger partial charge in [-0.25, -0.2) is 0 Å². The van der Waals surface area contributed by atoms with Crippen molar-refractivity contribution in [3.05, 3.63) is 35.9 Å². The Morgan fingerprint density at radius 3 is 2.83 bits per heavy atom. The molecule has 2 aliphatic heterocycles. The molecule has 1 aromatic rings. The van der Waals surface area contributed by atoms with Crippen molar-refractivity contribution >= 4 is 29.9 Å². The number of hydrogen-bond acceptors (Lipinski definition) is 3. The topological polar surface area (TPSA) is 46.1 Å². The van der Waals surface area contributed by atoms with Crippen molar-refractivity contribution in [1.29, 1.82) is 0 Å². The Kier molecular flexibility index (Phi) is 6.71. The summed E-state index contributed by atoms with van der Waals surface area (Å²) >= 11 is 0. The van der Waals surface area contributed by atoms with Crippen LogP contribution >= 0.6 is 24.0 Å². The predicted octanol–water partition coefficient (Wildman–Crippen LogP) is 3.68. The van der Waals surface area contributed by atoms with Crippen LogP contribution in [0.4, 0.5) is 0 Å². The molecule has 4 unspecified atom stereocenters. The molecule has 29 heavy (non-hydrogen) atoms. The zero-order valence-electron chi connectivity index (χ0n) is 17.4. The van der Waals surface area contributed by atoms with Crippen LogP contribution < -0.4 is 5.32 Å². The summed E-state index contributed by atoms with van der Waals surface area (Å²) in [5, 5.41) is 3.87. The molecule has 4 aliphatic rings. The van der Waals surface area contributed by atoms with Crippen molar-refractivity contribution in [3.63, 3.8) is 0 Å². The Bertz CT molecular complexity index is 709. The second-order valence-electron chi connectivity index (χ2n) is 9.10. The number of benzene rings is 1. The third kappa shape index (κ3) is 3.92. The lowest BCUT2D eigenvalue weighted by Crippen LogP contribution is -2.72. The summed E-state index contributed by atoms with van der Waals surface area (Å²) in [6.07, 6.45) is 6.89. The van der Waals surface area contributed by atoms with Gasteiger partial charge in [-0.3, -0.25) is 4.99 Å².